The Kier molecular flexibility index (Phi) is 6.56. The predicted octanol–water partition coefficient (Wildman–Crippen LogP) is 5.05. The summed E-state index contributed by atoms with van der Waals surface area (Å²) in [5, 5.41) is 4.34. The highest BCUT2D eigenvalue weighted by Crippen LogP contribution is 2.21. The van der Waals surface area contributed by atoms with Crippen molar-refractivity contribution in [2.24, 2.45) is 0 Å². The standard InChI is InChI=1S/C25H19BrFN3O2/c26-20-8-12-22(13-9-20)29(16-18-4-2-1-3-5-18)25(32)17-30-24(31)15-14-23(28-30)19-6-10-21(27)11-7-19/h1-15H,16-17H2. The van der Waals surface area contributed by atoms with Crippen molar-refractivity contribution >= 4 is 27.5 Å². The summed E-state index contributed by atoms with van der Waals surface area (Å²) in [6.07, 6.45) is 0. The lowest BCUT2D eigenvalue weighted by molar-refractivity contribution is -0.119. The topological polar surface area (TPSA) is 55.2 Å². The minimum absolute atomic E-state index is 0.225. The molecule has 0 fully saturated rings. The average molecular weight is 492 g/mol. The molecule has 0 atom stereocenters. The van der Waals surface area contributed by atoms with E-state index in [0.717, 1.165) is 14.7 Å². The van der Waals surface area contributed by atoms with Crippen molar-refractivity contribution in [3.8, 4) is 11.3 Å². The molecule has 32 heavy (non-hydrogen) atoms. The second-order valence-corrected chi connectivity index (χ2v) is 8.08. The maximum atomic E-state index is 13.3. The summed E-state index contributed by atoms with van der Waals surface area (Å²) in [6, 6.07) is 25.8. The van der Waals surface area contributed by atoms with Crippen LogP contribution in [-0.2, 0) is 17.9 Å². The van der Waals surface area contributed by atoms with Crippen LogP contribution in [0.4, 0.5) is 10.1 Å². The van der Waals surface area contributed by atoms with Gasteiger partial charge >= 0.3 is 0 Å². The number of hydrogen-bond donors (Lipinski definition) is 0. The van der Waals surface area contributed by atoms with Gasteiger partial charge in [0.2, 0.25) is 5.91 Å². The van der Waals surface area contributed by atoms with Crippen LogP contribution in [-0.4, -0.2) is 15.7 Å². The number of anilines is 1. The molecule has 0 N–H and O–H groups in total. The third kappa shape index (κ3) is 5.18. The highest BCUT2D eigenvalue weighted by atomic mass is 79.9. The van der Waals surface area contributed by atoms with Gasteiger partial charge in [-0.1, -0.05) is 46.3 Å². The molecule has 3 aromatic carbocycles. The van der Waals surface area contributed by atoms with E-state index >= 15 is 0 Å². The predicted molar refractivity (Wildman–Crippen MR) is 126 cm³/mol. The number of benzene rings is 3. The molecular formula is C25H19BrFN3O2. The third-order valence-corrected chi connectivity index (χ3v) is 5.44. The van der Waals surface area contributed by atoms with Crippen LogP contribution < -0.4 is 10.5 Å². The maximum absolute atomic E-state index is 13.3. The molecule has 160 valence electrons. The van der Waals surface area contributed by atoms with Crippen LogP contribution in [0.5, 0.6) is 0 Å². The number of aromatic nitrogens is 2. The van der Waals surface area contributed by atoms with Gasteiger partial charge in [0.25, 0.3) is 5.56 Å². The van der Waals surface area contributed by atoms with Gasteiger partial charge in [0, 0.05) is 21.8 Å². The fraction of sp³-hybridized carbons (Fsp3) is 0.0800. The van der Waals surface area contributed by atoms with Gasteiger partial charge in [-0.2, -0.15) is 5.10 Å². The van der Waals surface area contributed by atoms with E-state index < -0.39 is 0 Å². The summed E-state index contributed by atoms with van der Waals surface area (Å²) in [4.78, 5) is 27.4. The van der Waals surface area contributed by atoms with Gasteiger partial charge in [-0.25, -0.2) is 9.07 Å². The molecule has 0 saturated heterocycles. The van der Waals surface area contributed by atoms with E-state index in [-0.39, 0.29) is 23.8 Å². The van der Waals surface area contributed by atoms with E-state index in [4.69, 9.17) is 0 Å². The molecule has 1 aromatic heterocycles. The summed E-state index contributed by atoms with van der Waals surface area (Å²) >= 11 is 3.41. The lowest BCUT2D eigenvalue weighted by Gasteiger charge is -2.23. The Morgan fingerprint density at radius 2 is 1.59 bits per heavy atom. The summed E-state index contributed by atoms with van der Waals surface area (Å²) in [5.41, 5.74) is 2.42. The Morgan fingerprint density at radius 3 is 2.28 bits per heavy atom. The summed E-state index contributed by atoms with van der Waals surface area (Å²) in [5.74, 6) is -0.634. The highest BCUT2D eigenvalue weighted by Gasteiger charge is 2.18. The van der Waals surface area contributed by atoms with Gasteiger partial charge in [-0.15, -0.1) is 0 Å². The van der Waals surface area contributed by atoms with E-state index in [9.17, 15) is 14.0 Å². The van der Waals surface area contributed by atoms with Crippen LogP contribution >= 0.6 is 15.9 Å². The van der Waals surface area contributed by atoms with Crippen molar-refractivity contribution < 1.29 is 9.18 Å². The molecule has 0 radical (unpaired) electrons. The first-order chi connectivity index (χ1) is 15.5. The number of rotatable bonds is 6. The minimum atomic E-state index is -0.389. The first kappa shape index (κ1) is 21.6. The lowest BCUT2D eigenvalue weighted by atomic mass is 10.1. The van der Waals surface area contributed by atoms with Crippen LogP contribution in [0.25, 0.3) is 11.3 Å². The number of halogens is 2. The van der Waals surface area contributed by atoms with E-state index in [1.807, 2.05) is 54.6 Å². The Labute approximate surface area is 192 Å². The zero-order chi connectivity index (χ0) is 22.5. The second-order valence-electron chi connectivity index (χ2n) is 7.16. The molecule has 0 aliphatic rings. The average Bonchev–Trinajstić information content (AvgIpc) is 2.81. The van der Waals surface area contributed by atoms with Crippen molar-refractivity contribution in [2.75, 3.05) is 4.90 Å². The minimum Gasteiger partial charge on any atom is -0.306 e. The molecule has 1 amide bonds. The number of amides is 1. The number of carbonyl (C=O) groups excluding carboxylic acids is 1. The quantitative estimate of drug-likeness (QED) is 0.379. The first-order valence-electron chi connectivity index (χ1n) is 9.93. The maximum Gasteiger partial charge on any atom is 0.267 e. The Balaban J connectivity index is 1.64. The van der Waals surface area contributed by atoms with Gasteiger partial charge in [0.1, 0.15) is 12.4 Å². The van der Waals surface area contributed by atoms with Crippen molar-refractivity contribution in [2.45, 2.75) is 13.1 Å². The fourth-order valence-corrected chi connectivity index (χ4v) is 3.53. The van der Waals surface area contributed by atoms with Crippen LogP contribution in [0.1, 0.15) is 5.56 Å². The highest BCUT2D eigenvalue weighted by molar-refractivity contribution is 9.10. The largest absolute Gasteiger partial charge is 0.306 e. The smallest absolute Gasteiger partial charge is 0.267 e. The normalized spacial score (nSPS) is 10.7. The molecule has 4 rings (SSSR count). The van der Waals surface area contributed by atoms with E-state index in [1.54, 1.807) is 23.1 Å². The third-order valence-electron chi connectivity index (χ3n) is 4.91. The summed E-state index contributed by atoms with van der Waals surface area (Å²) in [7, 11) is 0. The van der Waals surface area contributed by atoms with Gasteiger partial charge in [0.05, 0.1) is 12.2 Å². The lowest BCUT2D eigenvalue weighted by Crippen LogP contribution is -2.37. The molecule has 0 bridgehead atoms. The molecule has 4 aromatic rings. The molecular weight excluding hydrogens is 473 g/mol. The fourth-order valence-electron chi connectivity index (χ4n) is 3.26. The van der Waals surface area contributed by atoms with Crippen molar-refractivity contribution in [1.29, 1.82) is 0 Å². The SMILES string of the molecule is O=C(Cn1nc(-c2ccc(F)cc2)ccc1=O)N(Cc1ccccc1)c1ccc(Br)cc1. The molecule has 0 unspecified atom stereocenters. The summed E-state index contributed by atoms with van der Waals surface area (Å²) in [6.45, 7) is 0.129. The molecule has 7 heteroatoms. The van der Waals surface area contributed by atoms with Crippen LogP contribution in [0, 0.1) is 5.82 Å². The van der Waals surface area contributed by atoms with Crippen LogP contribution in [0.3, 0.4) is 0 Å². The van der Waals surface area contributed by atoms with Gasteiger partial charge in [0.15, 0.2) is 0 Å². The van der Waals surface area contributed by atoms with Gasteiger partial charge in [-0.05, 0) is 60.2 Å². The van der Waals surface area contributed by atoms with Gasteiger partial charge in [-0.3, -0.25) is 9.59 Å². The van der Waals surface area contributed by atoms with Crippen LogP contribution in [0.2, 0.25) is 0 Å². The van der Waals surface area contributed by atoms with Crippen LogP contribution in [0.15, 0.2) is 100 Å². The van der Waals surface area contributed by atoms with E-state index in [2.05, 4.69) is 21.0 Å². The van der Waals surface area contributed by atoms with Gasteiger partial charge < -0.3 is 4.90 Å². The van der Waals surface area contributed by atoms with Crippen molar-refractivity contribution in [1.82, 2.24) is 9.78 Å². The first-order valence-corrected chi connectivity index (χ1v) is 10.7. The molecule has 0 aliphatic heterocycles. The second kappa shape index (κ2) is 9.70. The molecule has 0 aliphatic carbocycles. The van der Waals surface area contributed by atoms with E-state index in [1.165, 1.54) is 18.2 Å². The number of nitrogens with zero attached hydrogens (tertiary/aromatic N) is 3. The molecule has 5 nitrogen and oxygen atoms in total. The van der Waals surface area contributed by atoms with Crippen molar-refractivity contribution in [3.05, 3.63) is 117 Å². The number of hydrogen-bond acceptors (Lipinski definition) is 3. The zero-order valence-electron chi connectivity index (χ0n) is 17.0. The summed E-state index contributed by atoms with van der Waals surface area (Å²) < 4.78 is 15.3. The molecule has 0 saturated carbocycles. The zero-order valence-corrected chi connectivity index (χ0v) is 18.6. The Bertz CT molecular complexity index is 1270. The Morgan fingerprint density at radius 1 is 0.906 bits per heavy atom. The molecule has 0 spiro atoms. The number of carbonyl (C=O) groups is 1. The Hall–Kier alpha value is -3.58. The van der Waals surface area contributed by atoms with E-state index in [0.29, 0.717) is 23.5 Å². The monoisotopic (exact) mass is 491 g/mol. The molecule has 1 heterocycles. The van der Waals surface area contributed by atoms with Crippen molar-refractivity contribution in [3.63, 3.8) is 0 Å².